The van der Waals surface area contributed by atoms with E-state index in [9.17, 15) is 19.1 Å². The van der Waals surface area contributed by atoms with Crippen LogP contribution in [0.3, 0.4) is 0 Å². The van der Waals surface area contributed by atoms with E-state index in [-0.39, 0.29) is 29.9 Å². The fourth-order valence-electron chi connectivity index (χ4n) is 4.53. The molecule has 2 unspecified atom stereocenters. The number of hydrogen-bond acceptors (Lipinski definition) is 2. The molecule has 0 radical (unpaired) electrons. The summed E-state index contributed by atoms with van der Waals surface area (Å²) < 4.78 is 13.2. The smallest absolute Gasteiger partial charge is 0.304 e. The Kier molecular flexibility index (Phi) is 3.56. The lowest BCUT2D eigenvalue weighted by atomic mass is 9.50. The Morgan fingerprint density at radius 3 is 2.29 bits per heavy atom. The molecule has 2 aliphatic carbocycles. The van der Waals surface area contributed by atoms with Gasteiger partial charge < -0.3 is 5.11 Å². The van der Waals surface area contributed by atoms with Crippen LogP contribution < -0.4 is 0 Å². The van der Waals surface area contributed by atoms with Gasteiger partial charge in [0.25, 0.3) is 0 Å². The largest absolute Gasteiger partial charge is 0.481 e. The minimum atomic E-state index is -0.842. The summed E-state index contributed by atoms with van der Waals surface area (Å²) >= 11 is 0. The highest BCUT2D eigenvalue weighted by Crippen LogP contribution is 2.55. The molecule has 2 bridgehead atoms. The van der Waals surface area contributed by atoms with Gasteiger partial charge in [-0.1, -0.05) is 18.6 Å². The molecular weight excluding hydrogens is 271 g/mol. The average molecular weight is 290 g/mol. The third-order valence-electron chi connectivity index (χ3n) is 5.34. The highest BCUT2D eigenvalue weighted by atomic mass is 19.1. The van der Waals surface area contributed by atoms with E-state index in [0.29, 0.717) is 12.8 Å². The second-order valence-corrected chi connectivity index (χ2v) is 6.39. The Morgan fingerprint density at radius 2 is 1.76 bits per heavy atom. The summed E-state index contributed by atoms with van der Waals surface area (Å²) in [7, 11) is 0. The SMILES string of the molecule is O=C(O)CC1(c2ccc(F)cc2)C2CCCC1CC(=O)C2. The number of aliphatic carboxylic acids is 1. The van der Waals surface area contributed by atoms with Gasteiger partial charge in [-0.3, -0.25) is 9.59 Å². The fourth-order valence-corrected chi connectivity index (χ4v) is 4.53. The monoisotopic (exact) mass is 290 g/mol. The zero-order valence-electron chi connectivity index (χ0n) is 11.8. The molecule has 0 spiro atoms. The van der Waals surface area contributed by atoms with E-state index in [4.69, 9.17) is 0 Å². The second-order valence-electron chi connectivity index (χ2n) is 6.39. The topological polar surface area (TPSA) is 54.4 Å². The van der Waals surface area contributed by atoms with Crippen LogP contribution in [0.15, 0.2) is 24.3 Å². The van der Waals surface area contributed by atoms with Gasteiger partial charge in [0.1, 0.15) is 11.6 Å². The molecule has 0 aliphatic heterocycles. The van der Waals surface area contributed by atoms with Crippen LogP contribution in [0.1, 0.15) is 44.1 Å². The number of carbonyl (C=O) groups is 2. The zero-order chi connectivity index (χ0) is 15.0. The number of Topliss-reactive ketones (excluding diaryl/α,β-unsaturated/α-hetero) is 1. The molecule has 1 aromatic carbocycles. The lowest BCUT2D eigenvalue weighted by Gasteiger charge is -2.52. The van der Waals surface area contributed by atoms with E-state index in [1.165, 1.54) is 12.1 Å². The van der Waals surface area contributed by atoms with Crippen molar-refractivity contribution in [2.45, 2.75) is 43.9 Å². The predicted molar refractivity (Wildman–Crippen MR) is 75.4 cm³/mol. The summed E-state index contributed by atoms with van der Waals surface area (Å²) in [6, 6.07) is 6.20. The predicted octanol–water partition coefficient (Wildman–Crippen LogP) is 3.32. The lowest BCUT2D eigenvalue weighted by molar-refractivity contribution is -0.144. The van der Waals surface area contributed by atoms with Crippen molar-refractivity contribution in [1.82, 2.24) is 0 Å². The summed E-state index contributed by atoms with van der Waals surface area (Å²) in [5, 5.41) is 9.41. The van der Waals surface area contributed by atoms with Crippen molar-refractivity contribution < 1.29 is 19.1 Å². The molecule has 1 N–H and O–H groups in total. The van der Waals surface area contributed by atoms with E-state index >= 15 is 0 Å². The number of benzene rings is 1. The van der Waals surface area contributed by atoms with Crippen LogP contribution in [0.4, 0.5) is 4.39 Å². The van der Waals surface area contributed by atoms with Crippen LogP contribution in [-0.4, -0.2) is 16.9 Å². The van der Waals surface area contributed by atoms with E-state index in [1.54, 1.807) is 12.1 Å². The Balaban J connectivity index is 2.10. The first-order chi connectivity index (χ1) is 10.0. The van der Waals surface area contributed by atoms with E-state index in [1.807, 2.05) is 0 Å². The third kappa shape index (κ3) is 2.37. The minimum absolute atomic E-state index is 0.0290. The number of rotatable bonds is 3. The first-order valence-electron chi connectivity index (χ1n) is 7.52. The number of hydrogen-bond donors (Lipinski definition) is 1. The molecule has 0 saturated heterocycles. The molecule has 112 valence electrons. The summed E-state index contributed by atoms with van der Waals surface area (Å²) in [4.78, 5) is 23.4. The van der Waals surface area contributed by atoms with Crippen molar-refractivity contribution in [3.8, 4) is 0 Å². The van der Waals surface area contributed by atoms with Crippen LogP contribution in [0.5, 0.6) is 0 Å². The molecule has 1 aromatic rings. The molecule has 0 amide bonds. The second kappa shape index (κ2) is 5.24. The van der Waals surface area contributed by atoms with Gasteiger partial charge >= 0.3 is 5.97 Å². The molecule has 3 nitrogen and oxygen atoms in total. The number of carbonyl (C=O) groups excluding carboxylic acids is 1. The van der Waals surface area contributed by atoms with E-state index in [0.717, 1.165) is 24.8 Å². The number of carboxylic acid groups (broad SMARTS) is 1. The Labute approximate surface area is 123 Å². The van der Waals surface area contributed by atoms with Gasteiger partial charge in [-0.05, 0) is 42.4 Å². The Hall–Kier alpha value is -1.71. The quantitative estimate of drug-likeness (QED) is 0.929. The first-order valence-corrected chi connectivity index (χ1v) is 7.52. The van der Waals surface area contributed by atoms with Crippen molar-refractivity contribution in [3.63, 3.8) is 0 Å². The van der Waals surface area contributed by atoms with Crippen molar-refractivity contribution in [3.05, 3.63) is 35.6 Å². The molecule has 0 aromatic heterocycles. The molecular formula is C17H19FO3. The van der Waals surface area contributed by atoms with Crippen LogP contribution in [0.25, 0.3) is 0 Å². The molecule has 2 aliphatic rings. The number of carboxylic acids is 1. The van der Waals surface area contributed by atoms with Crippen LogP contribution in [0.2, 0.25) is 0 Å². The van der Waals surface area contributed by atoms with Gasteiger partial charge in [-0.2, -0.15) is 0 Å². The van der Waals surface area contributed by atoms with Crippen molar-refractivity contribution >= 4 is 11.8 Å². The molecule has 3 rings (SSSR count). The summed E-state index contributed by atoms with van der Waals surface area (Å²) in [5.74, 6) is -0.780. The van der Waals surface area contributed by atoms with Gasteiger partial charge in [0.05, 0.1) is 6.42 Å². The number of ketones is 1. The normalized spacial score (nSPS) is 32.0. The van der Waals surface area contributed by atoms with Crippen LogP contribution >= 0.6 is 0 Å². The van der Waals surface area contributed by atoms with Gasteiger partial charge in [0, 0.05) is 18.3 Å². The molecule has 0 heterocycles. The Bertz CT molecular complexity index is 548. The van der Waals surface area contributed by atoms with Gasteiger partial charge in [0.2, 0.25) is 0 Å². The van der Waals surface area contributed by atoms with Crippen molar-refractivity contribution in [2.75, 3.05) is 0 Å². The average Bonchev–Trinajstić information content (AvgIpc) is 2.40. The van der Waals surface area contributed by atoms with Crippen LogP contribution in [0, 0.1) is 17.7 Å². The number of halogens is 1. The van der Waals surface area contributed by atoms with Gasteiger partial charge in [-0.15, -0.1) is 0 Å². The molecule has 4 heteroatoms. The lowest BCUT2D eigenvalue weighted by Crippen LogP contribution is -2.51. The standard InChI is InChI=1S/C17H19FO3/c18-14-6-4-11(5-7-14)17(10-16(20)21)12-2-1-3-13(17)9-15(19)8-12/h4-7,12-13H,1-3,8-10H2,(H,20,21). The summed E-state index contributed by atoms with van der Waals surface area (Å²) in [6.45, 7) is 0. The fraction of sp³-hybridized carbons (Fsp3) is 0.529. The first kappa shape index (κ1) is 14.2. The summed E-state index contributed by atoms with van der Waals surface area (Å²) in [5.41, 5.74) is 0.375. The number of fused-ring (bicyclic) bond motifs is 2. The van der Waals surface area contributed by atoms with Crippen molar-refractivity contribution in [2.24, 2.45) is 11.8 Å². The maximum absolute atomic E-state index is 13.2. The van der Waals surface area contributed by atoms with Gasteiger partial charge in [0.15, 0.2) is 0 Å². The molecule has 2 fully saturated rings. The summed E-state index contributed by atoms with van der Waals surface area (Å²) in [6.07, 6.45) is 3.76. The van der Waals surface area contributed by atoms with E-state index in [2.05, 4.69) is 0 Å². The highest BCUT2D eigenvalue weighted by molar-refractivity contribution is 5.81. The van der Waals surface area contributed by atoms with Gasteiger partial charge in [-0.25, -0.2) is 4.39 Å². The Morgan fingerprint density at radius 1 is 1.19 bits per heavy atom. The van der Waals surface area contributed by atoms with E-state index < -0.39 is 11.4 Å². The minimum Gasteiger partial charge on any atom is -0.481 e. The zero-order valence-corrected chi connectivity index (χ0v) is 11.8. The molecule has 2 saturated carbocycles. The maximum Gasteiger partial charge on any atom is 0.304 e. The maximum atomic E-state index is 13.2. The van der Waals surface area contributed by atoms with Crippen molar-refractivity contribution in [1.29, 1.82) is 0 Å². The molecule has 2 atom stereocenters. The molecule has 21 heavy (non-hydrogen) atoms. The third-order valence-corrected chi connectivity index (χ3v) is 5.34. The highest BCUT2D eigenvalue weighted by Gasteiger charge is 2.53. The van der Waals surface area contributed by atoms with Crippen LogP contribution in [-0.2, 0) is 15.0 Å².